The molecule has 5 fully saturated rings. The maximum Gasteiger partial charge on any atom is 0.253 e. The Labute approximate surface area is 232 Å². The molecule has 6 nitrogen and oxygen atoms in total. The molecular formula is C31H46N4O2S. The summed E-state index contributed by atoms with van der Waals surface area (Å²) in [4.78, 5) is 29.8. The standard InChI is InChI=1S/C31H46N4O2S/c32-30(16-8-17-30)29(37)35-21-19-34(20-22-35)28(36)24-14-12-23(13-15-24)27-33-26-11-6-7-18-31(26,38-27)25-9-4-2-1-3-5-10-25/h12-15,25-27,33H,1-11,16-22,32H2. The van der Waals surface area contributed by atoms with E-state index in [-0.39, 0.29) is 11.8 Å². The molecule has 3 saturated carbocycles. The van der Waals surface area contributed by atoms with E-state index in [4.69, 9.17) is 5.73 Å². The molecule has 3 atom stereocenters. The Morgan fingerprint density at radius 2 is 1.42 bits per heavy atom. The van der Waals surface area contributed by atoms with Gasteiger partial charge in [-0.25, -0.2) is 0 Å². The first kappa shape index (κ1) is 26.6. The molecule has 3 unspecified atom stereocenters. The Morgan fingerprint density at radius 1 is 0.789 bits per heavy atom. The maximum absolute atomic E-state index is 13.3. The average Bonchev–Trinajstić information content (AvgIpc) is 3.31. The molecule has 7 heteroatoms. The number of fused-ring (bicyclic) bond motifs is 1. The SMILES string of the molecule is NC1(C(=O)N2CCN(C(=O)c3ccc(C4NC5CCCCC5(C5CCCCCCC5)S4)cc3)CC2)CCC1. The van der Waals surface area contributed by atoms with E-state index in [0.717, 1.165) is 30.7 Å². The molecule has 0 spiro atoms. The lowest BCUT2D eigenvalue weighted by Crippen LogP contribution is -2.62. The number of benzene rings is 1. The van der Waals surface area contributed by atoms with Crippen molar-refractivity contribution in [1.82, 2.24) is 15.1 Å². The van der Waals surface area contributed by atoms with Crippen LogP contribution in [0.5, 0.6) is 0 Å². The topological polar surface area (TPSA) is 78.7 Å². The highest BCUT2D eigenvalue weighted by Gasteiger charge is 2.53. The van der Waals surface area contributed by atoms with Crippen LogP contribution < -0.4 is 11.1 Å². The maximum atomic E-state index is 13.3. The van der Waals surface area contributed by atoms with Crippen LogP contribution >= 0.6 is 11.8 Å². The lowest BCUT2D eigenvalue weighted by molar-refractivity contribution is -0.141. The molecule has 0 aromatic heterocycles. The lowest BCUT2D eigenvalue weighted by atomic mass is 9.71. The molecule has 0 bridgehead atoms. The zero-order valence-corrected chi connectivity index (χ0v) is 23.8. The van der Waals surface area contributed by atoms with Crippen LogP contribution in [0.1, 0.15) is 111 Å². The zero-order chi connectivity index (χ0) is 26.2. The van der Waals surface area contributed by atoms with Crippen LogP contribution in [0.15, 0.2) is 24.3 Å². The summed E-state index contributed by atoms with van der Waals surface area (Å²) in [6, 6.07) is 9.00. The fourth-order valence-corrected chi connectivity index (χ4v) is 9.85. The summed E-state index contributed by atoms with van der Waals surface area (Å²) >= 11 is 2.22. The third kappa shape index (κ3) is 5.03. The molecule has 208 valence electrons. The van der Waals surface area contributed by atoms with Crippen LogP contribution in [0.2, 0.25) is 0 Å². The Kier molecular flexibility index (Phi) is 7.80. The Hall–Kier alpha value is -1.57. The quantitative estimate of drug-likeness (QED) is 0.549. The number of nitrogens with zero attached hydrogens (tertiary/aromatic N) is 2. The van der Waals surface area contributed by atoms with Gasteiger partial charge in [-0.3, -0.25) is 14.9 Å². The van der Waals surface area contributed by atoms with E-state index in [2.05, 4.69) is 29.2 Å². The highest BCUT2D eigenvalue weighted by atomic mass is 32.2. The van der Waals surface area contributed by atoms with Crippen molar-refractivity contribution in [1.29, 1.82) is 0 Å². The van der Waals surface area contributed by atoms with E-state index in [1.165, 1.54) is 76.2 Å². The summed E-state index contributed by atoms with van der Waals surface area (Å²) in [7, 11) is 0. The minimum atomic E-state index is -0.653. The fourth-order valence-electron chi connectivity index (χ4n) is 7.85. The molecule has 6 rings (SSSR count). The van der Waals surface area contributed by atoms with Crippen molar-refractivity contribution < 1.29 is 9.59 Å². The van der Waals surface area contributed by atoms with Gasteiger partial charge in [0.15, 0.2) is 0 Å². The van der Waals surface area contributed by atoms with Crippen molar-refractivity contribution in [2.75, 3.05) is 26.2 Å². The summed E-state index contributed by atoms with van der Waals surface area (Å²) in [5.74, 6) is 0.974. The van der Waals surface area contributed by atoms with Gasteiger partial charge < -0.3 is 15.5 Å². The number of carbonyl (C=O) groups excluding carboxylic acids is 2. The number of nitrogens with one attached hydrogen (secondary N) is 1. The van der Waals surface area contributed by atoms with Crippen LogP contribution in [-0.4, -0.2) is 64.1 Å². The Balaban J connectivity index is 1.09. The second-order valence-corrected chi connectivity index (χ2v) is 14.1. The van der Waals surface area contributed by atoms with E-state index in [1.807, 2.05) is 21.9 Å². The first-order chi connectivity index (χ1) is 18.5. The normalized spacial score (nSPS) is 32.1. The zero-order valence-electron chi connectivity index (χ0n) is 23.0. The monoisotopic (exact) mass is 538 g/mol. The number of hydrogen-bond donors (Lipinski definition) is 2. The third-order valence-electron chi connectivity index (χ3n) is 10.4. The molecule has 2 aliphatic heterocycles. The molecule has 38 heavy (non-hydrogen) atoms. The number of piperazine rings is 1. The smallest absolute Gasteiger partial charge is 0.253 e. The number of amides is 2. The van der Waals surface area contributed by atoms with Gasteiger partial charge in [0.1, 0.15) is 0 Å². The van der Waals surface area contributed by atoms with E-state index < -0.39 is 5.54 Å². The number of hydrogen-bond acceptors (Lipinski definition) is 5. The highest BCUT2D eigenvalue weighted by Crippen LogP contribution is 2.58. The predicted molar refractivity (Wildman–Crippen MR) is 154 cm³/mol. The summed E-state index contributed by atoms with van der Waals surface area (Å²) in [6.07, 6.45) is 17.8. The molecule has 3 aliphatic carbocycles. The molecule has 5 aliphatic rings. The number of thioether (sulfide) groups is 1. The van der Waals surface area contributed by atoms with Gasteiger partial charge in [-0.2, -0.15) is 0 Å². The van der Waals surface area contributed by atoms with Crippen molar-refractivity contribution in [2.45, 2.75) is 112 Å². The van der Waals surface area contributed by atoms with E-state index in [9.17, 15) is 9.59 Å². The van der Waals surface area contributed by atoms with Gasteiger partial charge in [-0.15, -0.1) is 11.8 Å². The Morgan fingerprint density at radius 3 is 2.08 bits per heavy atom. The first-order valence-electron chi connectivity index (χ1n) is 15.4. The van der Waals surface area contributed by atoms with Gasteiger partial charge in [-0.05, 0) is 68.6 Å². The van der Waals surface area contributed by atoms with Crippen molar-refractivity contribution in [2.24, 2.45) is 11.7 Å². The molecule has 2 amide bonds. The summed E-state index contributed by atoms with van der Waals surface area (Å²) in [6.45, 7) is 2.31. The molecule has 2 saturated heterocycles. The van der Waals surface area contributed by atoms with Crippen LogP contribution in [0, 0.1) is 5.92 Å². The summed E-state index contributed by atoms with van der Waals surface area (Å²) < 4.78 is 0.382. The number of nitrogens with two attached hydrogens (primary N) is 1. The summed E-state index contributed by atoms with van der Waals surface area (Å²) in [5, 5.41) is 4.37. The average molecular weight is 539 g/mol. The molecule has 2 heterocycles. The molecule has 1 aromatic rings. The largest absolute Gasteiger partial charge is 0.338 e. The van der Waals surface area contributed by atoms with Gasteiger partial charge in [0, 0.05) is 42.5 Å². The van der Waals surface area contributed by atoms with Crippen molar-refractivity contribution in [3.05, 3.63) is 35.4 Å². The van der Waals surface area contributed by atoms with Crippen molar-refractivity contribution in [3.8, 4) is 0 Å². The molecular weight excluding hydrogens is 492 g/mol. The number of rotatable bonds is 4. The molecule has 3 N–H and O–H groups in total. The Bertz CT molecular complexity index is 996. The fraction of sp³-hybridized carbons (Fsp3) is 0.742. The van der Waals surface area contributed by atoms with Crippen molar-refractivity contribution >= 4 is 23.6 Å². The molecule has 0 radical (unpaired) electrons. The van der Waals surface area contributed by atoms with Gasteiger partial charge >= 0.3 is 0 Å². The minimum absolute atomic E-state index is 0.0690. The van der Waals surface area contributed by atoms with Gasteiger partial charge in [0.05, 0.1) is 10.9 Å². The second-order valence-electron chi connectivity index (χ2n) is 12.7. The minimum Gasteiger partial charge on any atom is -0.338 e. The van der Waals surface area contributed by atoms with Gasteiger partial charge in [0.25, 0.3) is 5.91 Å². The van der Waals surface area contributed by atoms with Crippen molar-refractivity contribution in [3.63, 3.8) is 0 Å². The lowest BCUT2D eigenvalue weighted by Gasteiger charge is -2.45. The van der Waals surface area contributed by atoms with Crippen LogP contribution in [-0.2, 0) is 4.79 Å². The predicted octanol–water partition coefficient (Wildman–Crippen LogP) is 5.23. The van der Waals surface area contributed by atoms with E-state index >= 15 is 0 Å². The van der Waals surface area contributed by atoms with Crippen LogP contribution in [0.4, 0.5) is 0 Å². The van der Waals surface area contributed by atoms with E-state index in [1.54, 1.807) is 0 Å². The highest BCUT2D eigenvalue weighted by molar-refractivity contribution is 8.01. The van der Waals surface area contributed by atoms with Gasteiger partial charge in [0.2, 0.25) is 5.91 Å². The van der Waals surface area contributed by atoms with E-state index in [0.29, 0.717) is 42.3 Å². The molecule has 1 aromatic carbocycles. The summed E-state index contributed by atoms with van der Waals surface area (Å²) in [5.41, 5.74) is 7.65. The van der Waals surface area contributed by atoms with Crippen LogP contribution in [0.3, 0.4) is 0 Å². The second kappa shape index (κ2) is 11.1. The number of carbonyl (C=O) groups is 2. The first-order valence-corrected chi connectivity index (χ1v) is 16.3. The third-order valence-corrected chi connectivity index (χ3v) is 12.3. The van der Waals surface area contributed by atoms with Gasteiger partial charge in [-0.1, -0.05) is 57.1 Å². The van der Waals surface area contributed by atoms with Crippen LogP contribution in [0.25, 0.3) is 0 Å².